The normalized spacial score (nSPS) is 26.1. The zero-order valence-electron chi connectivity index (χ0n) is 25.6. The molecule has 2 N–H and O–H groups in total. The predicted molar refractivity (Wildman–Crippen MR) is 180 cm³/mol. The standard InChI is InChI=1S/C21H20ClFN2O.C16H18ClNO2/c22-17-1-3-18(4-2-17)25-21(26)9-13-7-14-10-16(11-15(14)8-13)19-5-6-24-12-20(19)23;17-13-1-3-14(4-2-13)18-16(20)7-10-5-11-8-15(19)9-12(11)6-10/h1-6,10,12-15H,7-9,11H2,(H,25,26);1-4,10-12H,5-9H2,(H,18,20)/t13-,14+,15-;10?,11-,12+/m1./s1. The molecule has 3 saturated carbocycles. The van der Waals surface area contributed by atoms with Gasteiger partial charge in [-0.1, -0.05) is 29.3 Å². The van der Waals surface area contributed by atoms with Gasteiger partial charge in [0.1, 0.15) is 11.6 Å². The Labute approximate surface area is 279 Å². The summed E-state index contributed by atoms with van der Waals surface area (Å²) in [6, 6.07) is 16.0. The van der Waals surface area contributed by atoms with Crippen molar-refractivity contribution in [1.29, 1.82) is 0 Å². The predicted octanol–water partition coefficient (Wildman–Crippen LogP) is 9.01. The van der Waals surface area contributed by atoms with Crippen LogP contribution in [0.15, 0.2) is 73.1 Å². The van der Waals surface area contributed by atoms with Crippen LogP contribution in [0.25, 0.3) is 5.57 Å². The summed E-state index contributed by atoms with van der Waals surface area (Å²) in [4.78, 5) is 39.5. The van der Waals surface area contributed by atoms with Gasteiger partial charge >= 0.3 is 0 Å². The van der Waals surface area contributed by atoms with E-state index in [9.17, 15) is 18.8 Å². The zero-order valence-corrected chi connectivity index (χ0v) is 27.1. The Balaban J connectivity index is 0.000000167. The van der Waals surface area contributed by atoms with Crippen molar-refractivity contribution in [2.24, 2.45) is 35.5 Å². The van der Waals surface area contributed by atoms with Gasteiger partial charge in [-0.05, 0) is 128 Å². The summed E-state index contributed by atoms with van der Waals surface area (Å²) < 4.78 is 13.9. The molecule has 2 aromatic carbocycles. The maximum absolute atomic E-state index is 13.9. The van der Waals surface area contributed by atoms with Crippen molar-refractivity contribution in [3.8, 4) is 0 Å². The molecule has 0 saturated heterocycles. The third kappa shape index (κ3) is 8.23. The number of anilines is 2. The Hall–Kier alpha value is -3.55. The topological polar surface area (TPSA) is 88.2 Å². The number of carbonyl (C=O) groups excluding carboxylic acids is 3. The lowest BCUT2D eigenvalue weighted by molar-refractivity contribution is -0.118. The summed E-state index contributed by atoms with van der Waals surface area (Å²) in [5, 5.41) is 7.16. The van der Waals surface area contributed by atoms with Gasteiger partial charge in [0, 0.05) is 58.9 Å². The molecular weight excluding hydrogens is 624 g/mol. The smallest absolute Gasteiger partial charge is 0.224 e. The lowest BCUT2D eigenvalue weighted by Crippen LogP contribution is -2.15. The quantitative estimate of drug-likeness (QED) is 0.264. The first-order chi connectivity index (χ1) is 22.2. The minimum absolute atomic E-state index is 0.0432. The van der Waals surface area contributed by atoms with Crippen LogP contribution in [0.3, 0.4) is 0 Å². The highest BCUT2D eigenvalue weighted by Crippen LogP contribution is 2.49. The molecule has 3 fully saturated rings. The van der Waals surface area contributed by atoms with E-state index < -0.39 is 0 Å². The highest BCUT2D eigenvalue weighted by molar-refractivity contribution is 6.31. The van der Waals surface area contributed by atoms with Crippen molar-refractivity contribution in [2.75, 3.05) is 10.6 Å². The van der Waals surface area contributed by atoms with Gasteiger partial charge in [0.25, 0.3) is 0 Å². The van der Waals surface area contributed by atoms with Crippen molar-refractivity contribution in [3.63, 3.8) is 0 Å². The molecule has 1 aromatic heterocycles. The summed E-state index contributed by atoms with van der Waals surface area (Å²) in [6.45, 7) is 0. The molecule has 3 aromatic rings. The van der Waals surface area contributed by atoms with Crippen LogP contribution in [0.5, 0.6) is 0 Å². The van der Waals surface area contributed by atoms with Gasteiger partial charge in [0.15, 0.2) is 0 Å². The number of nitrogens with zero attached hydrogens (tertiary/aromatic N) is 1. The summed E-state index contributed by atoms with van der Waals surface area (Å²) in [7, 11) is 0. The lowest BCUT2D eigenvalue weighted by Gasteiger charge is -2.12. The molecule has 1 unspecified atom stereocenters. The number of ketones is 1. The molecule has 46 heavy (non-hydrogen) atoms. The maximum Gasteiger partial charge on any atom is 0.224 e. The molecule has 2 amide bonds. The van der Waals surface area contributed by atoms with Gasteiger partial charge in [-0.25, -0.2) is 4.39 Å². The Morgan fingerprint density at radius 1 is 0.739 bits per heavy atom. The molecule has 0 bridgehead atoms. The van der Waals surface area contributed by atoms with Crippen LogP contribution < -0.4 is 10.6 Å². The molecule has 4 aliphatic rings. The second kappa shape index (κ2) is 14.5. The Kier molecular flexibility index (Phi) is 10.2. The summed E-state index contributed by atoms with van der Waals surface area (Å²) in [5.41, 5.74) is 3.32. The minimum atomic E-state index is -0.252. The number of fused-ring (bicyclic) bond motifs is 2. The van der Waals surface area contributed by atoms with Crippen molar-refractivity contribution in [1.82, 2.24) is 4.98 Å². The molecule has 9 heteroatoms. The Morgan fingerprint density at radius 2 is 1.26 bits per heavy atom. The zero-order chi connectivity index (χ0) is 32.2. The fourth-order valence-corrected chi connectivity index (χ4v) is 8.27. The van der Waals surface area contributed by atoms with Gasteiger partial charge < -0.3 is 10.6 Å². The number of aromatic nitrogens is 1. The first-order valence-corrected chi connectivity index (χ1v) is 16.9. The molecule has 1 heterocycles. The number of benzene rings is 2. The number of pyridine rings is 1. The number of nitrogens with one attached hydrogen (secondary N) is 2. The second-order valence-corrected chi connectivity index (χ2v) is 14.2. The van der Waals surface area contributed by atoms with Crippen molar-refractivity contribution in [2.45, 2.75) is 57.8 Å². The van der Waals surface area contributed by atoms with Crippen LogP contribution in [0, 0.1) is 41.3 Å². The Bertz CT molecular complexity index is 1590. The summed E-state index contributed by atoms with van der Waals surface area (Å²) in [5.74, 6) is 3.12. The van der Waals surface area contributed by atoms with Gasteiger partial charge in [-0.2, -0.15) is 0 Å². The first-order valence-electron chi connectivity index (χ1n) is 16.1. The third-order valence-electron chi connectivity index (χ3n) is 9.99. The summed E-state index contributed by atoms with van der Waals surface area (Å²) >= 11 is 11.7. The van der Waals surface area contributed by atoms with Crippen LogP contribution in [0.1, 0.15) is 63.4 Å². The SMILES string of the molecule is O=C(C[C@H]1C[C@@H]2CC(c3ccncc3F)=C[C@@H]2C1)Nc1ccc(Cl)cc1.O=C1C[C@@H]2CC(CC(=O)Nc3ccc(Cl)cc3)C[C@@H]2C1. The first kappa shape index (κ1) is 32.4. The average molecular weight is 663 g/mol. The number of Topliss-reactive ketones (excluding diaryl/α,β-unsaturated/α-hetero) is 1. The Morgan fingerprint density at radius 3 is 1.78 bits per heavy atom. The van der Waals surface area contributed by atoms with Crippen molar-refractivity contribution in [3.05, 3.63) is 94.5 Å². The van der Waals surface area contributed by atoms with E-state index in [2.05, 4.69) is 21.7 Å². The monoisotopic (exact) mass is 661 g/mol. The number of carbonyl (C=O) groups is 3. The molecule has 240 valence electrons. The van der Waals surface area contributed by atoms with Crippen LogP contribution in [0.2, 0.25) is 10.0 Å². The van der Waals surface area contributed by atoms with Crippen molar-refractivity contribution >= 4 is 57.7 Å². The fraction of sp³-hybridized carbons (Fsp3) is 0.405. The van der Waals surface area contributed by atoms with E-state index >= 15 is 0 Å². The second-order valence-electron chi connectivity index (χ2n) is 13.3. The molecule has 0 radical (unpaired) electrons. The van der Waals surface area contributed by atoms with Crippen LogP contribution in [0.4, 0.5) is 15.8 Å². The van der Waals surface area contributed by atoms with Crippen LogP contribution >= 0.6 is 23.2 Å². The van der Waals surface area contributed by atoms with E-state index in [-0.39, 0.29) is 17.6 Å². The highest BCUT2D eigenvalue weighted by atomic mass is 35.5. The number of rotatable bonds is 7. The molecule has 4 aliphatic carbocycles. The van der Waals surface area contributed by atoms with E-state index in [0.717, 1.165) is 61.9 Å². The van der Waals surface area contributed by atoms with Crippen molar-refractivity contribution < 1.29 is 18.8 Å². The van der Waals surface area contributed by atoms with E-state index in [1.807, 2.05) is 24.3 Å². The highest BCUT2D eigenvalue weighted by Gasteiger charge is 2.41. The minimum Gasteiger partial charge on any atom is -0.326 e. The lowest BCUT2D eigenvalue weighted by atomic mass is 9.96. The molecule has 6 atom stereocenters. The van der Waals surface area contributed by atoms with Crippen LogP contribution in [-0.2, 0) is 14.4 Å². The van der Waals surface area contributed by atoms with Gasteiger partial charge in [-0.3, -0.25) is 19.4 Å². The molecule has 0 aliphatic heterocycles. The van der Waals surface area contributed by atoms with E-state index in [1.165, 1.54) is 6.20 Å². The molecule has 7 rings (SSSR count). The average Bonchev–Trinajstić information content (AvgIpc) is 3.76. The number of hydrogen-bond donors (Lipinski definition) is 2. The number of amides is 2. The number of allylic oxidation sites excluding steroid dienone is 2. The molecule has 0 spiro atoms. The van der Waals surface area contributed by atoms with Crippen LogP contribution in [-0.4, -0.2) is 22.6 Å². The maximum atomic E-state index is 13.9. The van der Waals surface area contributed by atoms with Gasteiger partial charge in [0.2, 0.25) is 11.8 Å². The third-order valence-corrected chi connectivity index (χ3v) is 10.5. The fourth-order valence-electron chi connectivity index (χ4n) is 8.01. The van der Waals surface area contributed by atoms with E-state index in [1.54, 1.807) is 36.5 Å². The van der Waals surface area contributed by atoms with E-state index in [0.29, 0.717) is 69.7 Å². The van der Waals surface area contributed by atoms with E-state index in [4.69, 9.17) is 23.2 Å². The number of halogens is 3. The molecular formula is C37H38Cl2FN3O3. The largest absolute Gasteiger partial charge is 0.326 e. The van der Waals surface area contributed by atoms with Gasteiger partial charge in [-0.15, -0.1) is 0 Å². The van der Waals surface area contributed by atoms with Gasteiger partial charge in [0.05, 0.1) is 6.20 Å². The molecule has 6 nitrogen and oxygen atoms in total. The number of hydrogen-bond acceptors (Lipinski definition) is 4. The summed E-state index contributed by atoms with van der Waals surface area (Å²) in [6.07, 6.45) is 12.6.